The summed E-state index contributed by atoms with van der Waals surface area (Å²) >= 11 is 0. The zero-order valence-electron chi connectivity index (χ0n) is 13.2. The highest BCUT2D eigenvalue weighted by molar-refractivity contribution is 5.67. The summed E-state index contributed by atoms with van der Waals surface area (Å²) in [5, 5.41) is 22.4. The van der Waals surface area contributed by atoms with Gasteiger partial charge in [-0.05, 0) is 51.0 Å². The molecule has 6 nitrogen and oxygen atoms in total. The van der Waals surface area contributed by atoms with E-state index < -0.39 is 29.7 Å². The molecule has 1 aromatic carbocycles. The van der Waals surface area contributed by atoms with Gasteiger partial charge in [0, 0.05) is 6.54 Å². The van der Waals surface area contributed by atoms with Crippen molar-refractivity contribution >= 4 is 11.8 Å². The summed E-state index contributed by atoms with van der Waals surface area (Å²) in [4.78, 5) is 11.5. The van der Waals surface area contributed by atoms with Gasteiger partial charge in [-0.25, -0.2) is 9.18 Å². The Labute approximate surface area is 129 Å². The van der Waals surface area contributed by atoms with Gasteiger partial charge >= 0.3 is 6.09 Å². The Bertz CT molecular complexity index is 543. The highest BCUT2D eigenvalue weighted by atomic mass is 19.1. The smallest absolute Gasteiger partial charge is 0.407 e. The van der Waals surface area contributed by atoms with Gasteiger partial charge in [0.2, 0.25) is 0 Å². The number of nitrogens with one attached hydrogen (secondary N) is 1. The van der Waals surface area contributed by atoms with Gasteiger partial charge in [0.25, 0.3) is 0 Å². The Kier molecular flexibility index (Phi) is 5.73. The summed E-state index contributed by atoms with van der Waals surface area (Å²) < 4.78 is 18.5. The lowest BCUT2D eigenvalue weighted by Gasteiger charge is -2.23. The van der Waals surface area contributed by atoms with E-state index >= 15 is 0 Å². The SMILES string of the molecule is Cc1cc(N)c(F)cc1C(O)C(O)CNC(=O)OC(C)(C)C. The van der Waals surface area contributed by atoms with E-state index in [1.807, 2.05) is 0 Å². The molecule has 7 heteroatoms. The number of hydrogen-bond donors (Lipinski definition) is 4. The van der Waals surface area contributed by atoms with Crippen LogP contribution in [-0.2, 0) is 4.74 Å². The topological polar surface area (TPSA) is 105 Å². The van der Waals surface area contributed by atoms with Crippen LogP contribution >= 0.6 is 0 Å². The minimum Gasteiger partial charge on any atom is -0.444 e. The van der Waals surface area contributed by atoms with E-state index in [0.717, 1.165) is 6.07 Å². The molecule has 1 amide bonds. The van der Waals surface area contributed by atoms with E-state index in [-0.39, 0.29) is 17.8 Å². The summed E-state index contributed by atoms with van der Waals surface area (Å²) in [5.41, 5.74) is 5.49. The van der Waals surface area contributed by atoms with Gasteiger partial charge in [-0.3, -0.25) is 0 Å². The summed E-state index contributed by atoms with van der Waals surface area (Å²) in [6.07, 6.45) is -3.38. The standard InChI is InChI=1S/C15H23FN2O4/c1-8-5-11(17)10(16)6-9(8)13(20)12(19)7-18-14(21)22-15(2,3)4/h5-6,12-13,19-20H,7,17H2,1-4H3,(H,18,21). The van der Waals surface area contributed by atoms with Crippen LogP contribution in [0.4, 0.5) is 14.9 Å². The minimum atomic E-state index is -1.36. The van der Waals surface area contributed by atoms with Gasteiger partial charge in [0.05, 0.1) is 5.69 Å². The first-order chi connectivity index (χ1) is 10.0. The summed E-state index contributed by atoms with van der Waals surface area (Å²) in [6.45, 7) is 6.53. The number of hydrogen-bond acceptors (Lipinski definition) is 5. The van der Waals surface area contributed by atoms with E-state index in [0.29, 0.717) is 5.56 Å². The number of nitrogen functional groups attached to an aromatic ring is 1. The lowest BCUT2D eigenvalue weighted by Crippen LogP contribution is -2.39. The summed E-state index contributed by atoms with van der Waals surface area (Å²) in [5.74, 6) is -0.674. The van der Waals surface area contributed by atoms with Crippen molar-refractivity contribution in [2.24, 2.45) is 0 Å². The van der Waals surface area contributed by atoms with Gasteiger partial charge in [0.15, 0.2) is 0 Å². The van der Waals surface area contributed by atoms with E-state index in [2.05, 4.69) is 5.32 Å². The van der Waals surface area contributed by atoms with Gasteiger partial charge < -0.3 is 26.0 Å². The molecule has 0 aliphatic carbocycles. The number of alkyl carbamates (subject to hydrolysis) is 1. The molecule has 5 N–H and O–H groups in total. The van der Waals surface area contributed by atoms with Crippen LogP contribution in [0, 0.1) is 12.7 Å². The fourth-order valence-corrected chi connectivity index (χ4v) is 1.86. The lowest BCUT2D eigenvalue weighted by atomic mass is 9.98. The molecule has 1 rings (SSSR count). The quantitative estimate of drug-likeness (QED) is 0.632. The van der Waals surface area contributed by atoms with E-state index in [9.17, 15) is 19.4 Å². The molecule has 1 aromatic rings. The number of rotatable bonds is 4. The molecule has 0 heterocycles. The van der Waals surface area contributed by atoms with Crippen molar-refractivity contribution in [1.29, 1.82) is 0 Å². The number of aryl methyl sites for hydroxylation is 1. The molecular weight excluding hydrogens is 291 g/mol. The number of benzene rings is 1. The van der Waals surface area contributed by atoms with Gasteiger partial charge in [0.1, 0.15) is 23.6 Å². The van der Waals surface area contributed by atoms with Crippen molar-refractivity contribution < 1.29 is 24.1 Å². The average Bonchev–Trinajstić information content (AvgIpc) is 2.37. The summed E-state index contributed by atoms with van der Waals surface area (Å²) in [7, 11) is 0. The van der Waals surface area contributed by atoms with Crippen LogP contribution in [0.5, 0.6) is 0 Å². The van der Waals surface area contributed by atoms with Crippen LogP contribution in [0.15, 0.2) is 12.1 Å². The molecule has 0 bridgehead atoms. The maximum Gasteiger partial charge on any atom is 0.407 e. The first-order valence-electron chi connectivity index (χ1n) is 6.89. The molecule has 2 atom stereocenters. The Balaban J connectivity index is 2.68. The number of carbonyl (C=O) groups is 1. The molecule has 0 spiro atoms. The molecule has 0 aliphatic rings. The monoisotopic (exact) mass is 314 g/mol. The van der Waals surface area contributed by atoms with Crippen LogP contribution in [0.3, 0.4) is 0 Å². The van der Waals surface area contributed by atoms with Crippen LogP contribution in [-0.4, -0.2) is 34.6 Å². The third-order valence-electron chi connectivity index (χ3n) is 2.92. The third kappa shape index (κ3) is 5.16. The molecule has 2 unspecified atom stereocenters. The zero-order valence-corrected chi connectivity index (χ0v) is 13.2. The number of ether oxygens (including phenoxy) is 1. The predicted octanol–water partition coefficient (Wildman–Crippen LogP) is 1.64. The van der Waals surface area contributed by atoms with Gasteiger partial charge in [-0.1, -0.05) is 0 Å². The van der Waals surface area contributed by atoms with Crippen LogP contribution in [0.2, 0.25) is 0 Å². The Morgan fingerprint density at radius 1 is 1.41 bits per heavy atom. The fourth-order valence-electron chi connectivity index (χ4n) is 1.86. The second-order valence-corrected chi connectivity index (χ2v) is 6.13. The second kappa shape index (κ2) is 6.93. The minimum absolute atomic E-state index is 0.0326. The second-order valence-electron chi connectivity index (χ2n) is 6.13. The van der Waals surface area contributed by atoms with E-state index in [4.69, 9.17) is 10.5 Å². The molecule has 0 radical (unpaired) electrons. The highest BCUT2D eigenvalue weighted by Crippen LogP contribution is 2.25. The van der Waals surface area contributed by atoms with E-state index in [1.165, 1.54) is 6.07 Å². The van der Waals surface area contributed by atoms with Gasteiger partial charge in [-0.15, -0.1) is 0 Å². The number of amides is 1. The Morgan fingerprint density at radius 2 is 2.00 bits per heavy atom. The third-order valence-corrected chi connectivity index (χ3v) is 2.92. The number of anilines is 1. The largest absolute Gasteiger partial charge is 0.444 e. The highest BCUT2D eigenvalue weighted by Gasteiger charge is 2.23. The molecule has 124 valence electrons. The van der Waals surface area contributed by atoms with Crippen molar-refractivity contribution in [2.45, 2.75) is 45.5 Å². The predicted molar refractivity (Wildman–Crippen MR) is 80.8 cm³/mol. The number of nitrogens with two attached hydrogens (primary N) is 1. The maximum atomic E-state index is 13.5. The van der Waals surface area contributed by atoms with Crippen molar-refractivity contribution in [3.8, 4) is 0 Å². The Hall–Kier alpha value is -1.86. The zero-order chi connectivity index (χ0) is 17.1. The number of halogens is 1. The maximum absolute atomic E-state index is 13.5. The molecule has 0 aromatic heterocycles. The number of carbonyl (C=O) groups excluding carboxylic acids is 1. The fraction of sp³-hybridized carbons (Fsp3) is 0.533. The average molecular weight is 314 g/mol. The van der Waals surface area contributed by atoms with Crippen LogP contribution in [0.1, 0.15) is 38.0 Å². The normalized spacial score (nSPS) is 14.3. The van der Waals surface area contributed by atoms with Gasteiger partial charge in [-0.2, -0.15) is 0 Å². The van der Waals surface area contributed by atoms with Crippen molar-refractivity contribution in [2.75, 3.05) is 12.3 Å². The molecule has 0 fully saturated rings. The number of aliphatic hydroxyl groups excluding tert-OH is 2. The van der Waals surface area contributed by atoms with Crippen molar-refractivity contribution in [1.82, 2.24) is 5.32 Å². The summed E-state index contributed by atoms with van der Waals surface area (Å²) in [6, 6.07) is 2.45. The molecule has 0 saturated heterocycles. The number of aliphatic hydroxyl groups is 2. The van der Waals surface area contributed by atoms with E-state index in [1.54, 1.807) is 27.7 Å². The first-order valence-corrected chi connectivity index (χ1v) is 6.89. The van der Waals surface area contributed by atoms with Crippen molar-refractivity contribution in [3.63, 3.8) is 0 Å². The van der Waals surface area contributed by atoms with Crippen LogP contribution < -0.4 is 11.1 Å². The Morgan fingerprint density at radius 3 is 2.55 bits per heavy atom. The first kappa shape index (κ1) is 18.2. The van der Waals surface area contributed by atoms with Crippen LogP contribution in [0.25, 0.3) is 0 Å². The lowest BCUT2D eigenvalue weighted by molar-refractivity contribution is 0.0125. The molecular formula is C15H23FN2O4. The molecule has 0 saturated carbocycles. The molecule has 22 heavy (non-hydrogen) atoms. The molecule has 0 aliphatic heterocycles. The van der Waals surface area contributed by atoms with Crippen molar-refractivity contribution in [3.05, 3.63) is 29.1 Å².